The van der Waals surface area contributed by atoms with Crippen LogP contribution in [0.15, 0.2) is 40.9 Å². The fourth-order valence-electron chi connectivity index (χ4n) is 1.61. The third-order valence-corrected chi connectivity index (χ3v) is 3.12. The lowest BCUT2D eigenvalue weighted by atomic mass is 9.98. The molecule has 0 radical (unpaired) electrons. The number of Topliss-reactive ketones (excluding diaryl/α,β-unsaturated/α-hetero) is 1. The molecule has 0 unspecified atom stereocenters. The number of carbonyl (C=O) groups is 1. The molecule has 0 fully saturated rings. The highest BCUT2D eigenvalue weighted by atomic mass is 79.9. The number of halogens is 1. The highest BCUT2D eigenvalue weighted by Gasteiger charge is 2.08. The van der Waals surface area contributed by atoms with Gasteiger partial charge in [0.2, 0.25) is 0 Å². The quantitative estimate of drug-likeness (QED) is 0.588. The molecular weight excluding hydrogens is 326 g/mol. The molecule has 112 valence electrons. The summed E-state index contributed by atoms with van der Waals surface area (Å²) in [4.78, 5) is 14.1. The summed E-state index contributed by atoms with van der Waals surface area (Å²) in [6.45, 7) is 7.34. The zero-order valence-electron chi connectivity index (χ0n) is 13.1. The first kappa shape index (κ1) is 17.7. The van der Waals surface area contributed by atoms with Crippen LogP contribution in [0.2, 0.25) is 0 Å². The Labute approximate surface area is 136 Å². The number of hydrogen-bond donors (Lipinski definition) is 0. The Balaban J connectivity index is 2.46. The lowest BCUT2D eigenvalue weighted by molar-refractivity contribution is 0.0952. The van der Waals surface area contributed by atoms with Crippen LogP contribution in [0.4, 0.5) is 0 Å². The average molecular weight is 348 g/mol. The van der Waals surface area contributed by atoms with Crippen molar-refractivity contribution >= 4 is 21.7 Å². The van der Waals surface area contributed by atoms with E-state index in [1.54, 1.807) is 0 Å². The van der Waals surface area contributed by atoms with Crippen molar-refractivity contribution in [3.63, 3.8) is 0 Å². The first-order valence-corrected chi connectivity index (χ1v) is 7.72. The van der Waals surface area contributed by atoms with Gasteiger partial charge in [0.05, 0.1) is 6.54 Å². The van der Waals surface area contributed by atoms with Gasteiger partial charge in [-0.1, -0.05) is 46.0 Å². The fourth-order valence-corrected chi connectivity index (χ4v) is 2.01. The Kier molecular flexibility index (Phi) is 6.87. The summed E-state index contributed by atoms with van der Waals surface area (Å²) in [5.74, 6) is 6.28. The zero-order valence-corrected chi connectivity index (χ0v) is 14.7. The number of ketones is 1. The van der Waals surface area contributed by atoms with Crippen molar-refractivity contribution in [2.75, 3.05) is 20.1 Å². The lowest BCUT2D eigenvalue weighted by Gasteiger charge is -2.13. The van der Waals surface area contributed by atoms with Crippen LogP contribution in [0.1, 0.15) is 31.1 Å². The molecule has 0 heterocycles. The number of allylic oxidation sites excluding steroid dienone is 1. The third-order valence-electron chi connectivity index (χ3n) is 2.63. The van der Waals surface area contributed by atoms with Gasteiger partial charge in [-0.15, -0.1) is 0 Å². The van der Waals surface area contributed by atoms with Crippen LogP contribution in [0, 0.1) is 17.3 Å². The monoisotopic (exact) mass is 347 g/mol. The van der Waals surface area contributed by atoms with Crippen LogP contribution in [0.3, 0.4) is 0 Å². The largest absolute Gasteiger partial charge is 0.295 e. The van der Waals surface area contributed by atoms with Crippen LogP contribution in [0.5, 0.6) is 0 Å². The molecule has 0 atom stereocenters. The number of benzene rings is 1. The third kappa shape index (κ3) is 7.84. The van der Waals surface area contributed by atoms with E-state index in [0.717, 1.165) is 10.0 Å². The van der Waals surface area contributed by atoms with Crippen molar-refractivity contribution in [3.8, 4) is 11.8 Å². The van der Waals surface area contributed by atoms with Gasteiger partial charge in [-0.3, -0.25) is 9.69 Å². The van der Waals surface area contributed by atoms with Gasteiger partial charge in [0.15, 0.2) is 5.78 Å². The summed E-state index contributed by atoms with van der Waals surface area (Å²) in [7, 11) is 1.93. The molecule has 1 aromatic carbocycles. The molecule has 2 nitrogen and oxygen atoms in total. The topological polar surface area (TPSA) is 20.3 Å². The van der Waals surface area contributed by atoms with E-state index in [9.17, 15) is 4.79 Å². The second kappa shape index (κ2) is 8.17. The van der Waals surface area contributed by atoms with Crippen LogP contribution in [-0.2, 0) is 0 Å². The smallest absolute Gasteiger partial charge is 0.176 e. The van der Waals surface area contributed by atoms with Crippen LogP contribution in [-0.4, -0.2) is 30.8 Å². The van der Waals surface area contributed by atoms with E-state index in [-0.39, 0.29) is 11.2 Å². The van der Waals surface area contributed by atoms with Gasteiger partial charge in [0, 0.05) is 22.0 Å². The van der Waals surface area contributed by atoms with E-state index in [2.05, 4.69) is 48.5 Å². The Morgan fingerprint density at radius 2 is 2.10 bits per heavy atom. The van der Waals surface area contributed by atoms with Gasteiger partial charge in [0.1, 0.15) is 0 Å². The number of hydrogen-bond acceptors (Lipinski definition) is 2. The average Bonchev–Trinajstić information content (AvgIpc) is 2.36. The van der Waals surface area contributed by atoms with E-state index >= 15 is 0 Å². The van der Waals surface area contributed by atoms with Gasteiger partial charge in [-0.25, -0.2) is 0 Å². The van der Waals surface area contributed by atoms with Crippen molar-refractivity contribution in [1.29, 1.82) is 0 Å². The summed E-state index contributed by atoms with van der Waals surface area (Å²) in [5.41, 5.74) is 0.750. The molecule has 1 rings (SSSR count). The molecule has 0 N–H and O–H groups in total. The van der Waals surface area contributed by atoms with E-state index in [1.807, 2.05) is 48.4 Å². The molecule has 0 amide bonds. The van der Waals surface area contributed by atoms with Crippen LogP contribution < -0.4 is 0 Å². The minimum absolute atomic E-state index is 0.0207. The van der Waals surface area contributed by atoms with Gasteiger partial charge >= 0.3 is 0 Å². The first-order valence-electron chi connectivity index (χ1n) is 6.93. The molecule has 0 bridgehead atoms. The standard InChI is InChI=1S/C18H22BrNO/c1-18(2,3)11-6-5-7-12-20(4)14-17(21)15-9-8-10-16(19)13-15/h5,7-10,13H,12,14H2,1-4H3/b7-5+. The number of carbonyl (C=O) groups excluding carboxylic acids is 1. The minimum atomic E-state index is 0.0207. The van der Waals surface area contributed by atoms with E-state index in [4.69, 9.17) is 0 Å². The minimum Gasteiger partial charge on any atom is -0.295 e. The summed E-state index contributed by atoms with van der Waals surface area (Å²) in [6, 6.07) is 7.48. The summed E-state index contributed by atoms with van der Waals surface area (Å²) in [5, 5.41) is 0. The molecule has 1 aromatic rings. The molecule has 0 aliphatic rings. The van der Waals surface area contributed by atoms with Gasteiger partial charge in [-0.2, -0.15) is 0 Å². The first-order chi connectivity index (χ1) is 9.78. The Morgan fingerprint density at radius 1 is 1.38 bits per heavy atom. The summed E-state index contributed by atoms with van der Waals surface area (Å²) < 4.78 is 0.924. The molecule has 0 aliphatic heterocycles. The lowest BCUT2D eigenvalue weighted by Crippen LogP contribution is -2.26. The molecular formula is C18H22BrNO. The van der Waals surface area contributed by atoms with E-state index in [0.29, 0.717) is 13.1 Å². The van der Waals surface area contributed by atoms with Crippen LogP contribution >= 0.6 is 15.9 Å². The van der Waals surface area contributed by atoms with Crippen molar-refractivity contribution < 1.29 is 4.79 Å². The normalized spacial score (nSPS) is 11.5. The van der Waals surface area contributed by atoms with Crippen molar-refractivity contribution in [1.82, 2.24) is 4.90 Å². The SMILES string of the molecule is CN(C/C=C/C#CC(C)(C)C)CC(=O)c1cccc(Br)c1. The van der Waals surface area contributed by atoms with Gasteiger partial charge < -0.3 is 0 Å². The van der Waals surface area contributed by atoms with E-state index in [1.165, 1.54) is 0 Å². The predicted octanol–water partition coefficient (Wildman–Crippen LogP) is 4.17. The fraction of sp³-hybridized carbons (Fsp3) is 0.389. The Morgan fingerprint density at radius 3 is 2.71 bits per heavy atom. The zero-order chi connectivity index (χ0) is 15.9. The Hall–Kier alpha value is -1.37. The molecule has 0 aromatic heterocycles. The number of rotatable bonds is 5. The van der Waals surface area contributed by atoms with Gasteiger partial charge in [0.25, 0.3) is 0 Å². The molecule has 0 aliphatic carbocycles. The highest BCUT2D eigenvalue weighted by molar-refractivity contribution is 9.10. The Bertz CT molecular complexity index is 573. The van der Waals surface area contributed by atoms with Gasteiger partial charge in [-0.05, 0) is 46.0 Å². The van der Waals surface area contributed by atoms with Crippen molar-refractivity contribution in [2.45, 2.75) is 20.8 Å². The molecule has 3 heteroatoms. The molecule has 0 saturated carbocycles. The maximum atomic E-state index is 12.1. The van der Waals surface area contributed by atoms with Crippen molar-refractivity contribution in [3.05, 3.63) is 46.5 Å². The van der Waals surface area contributed by atoms with Crippen LogP contribution in [0.25, 0.3) is 0 Å². The molecule has 21 heavy (non-hydrogen) atoms. The number of likely N-dealkylation sites (N-methyl/N-ethyl adjacent to an activating group) is 1. The maximum absolute atomic E-state index is 12.1. The van der Waals surface area contributed by atoms with E-state index < -0.39 is 0 Å². The summed E-state index contributed by atoms with van der Waals surface area (Å²) >= 11 is 3.38. The van der Waals surface area contributed by atoms with Crippen molar-refractivity contribution in [2.24, 2.45) is 5.41 Å². The molecule has 0 spiro atoms. The second-order valence-electron chi connectivity index (χ2n) is 6.05. The molecule has 0 saturated heterocycles. The predicted molar refractivity (Wildman–Crippen MR) is 92.3 cm³/mol. The summed E-state index contributed by atoms with van der Waals surface area (Å²) in [6.07, 6.45) is 3.83. The highest BCUT2D eigenvalue weighted by Crippen LogP contribution is 2.12. The maximum Gasteiger partial charge on any atom is 0.176 e. The second-order valence-corrected chi connectivity index (χ2v) is 6.97. The number of nitrogens with zero attached hydrogens (tertiary/aromatic N) is 1.